The van der Waals surface area contributed by atoms with Crippen LogP contribution >= 0.6 is 23.1 Å². The van der Waals surface area contributed by atoms with Crippen molar-refractivity contribution in [2.24, 2.45) is 5.16 Å². The molecule has 2 atom stereocenters. The molecule has 2 aromatic rings. The Balaban J connectivity index is 1.55. The van der Waals surface area contributed by atoms with Gasteiger partial charge in [-0.1, -0.05) is 23.4 Å². The monoisotopic (exact) mass is 579 g/mol. The number of anilines is 1. The third-order valence-corrected chi connectivity index (χ3v) is 7.55. The molecule has 1 saturated heterocycles. The fourth-order valence-corrected chi connectivity index (χ4v) is 5.66. The number of carboxylic acid groups (broad SMARTS) is 2. The molecule has 1 aromatic heterocycles. The molecule has 5 N–H and O–H groups in total. The van der Waals surface area contributed by atoms with Crippen LogP contribution in [0.2, 0.25) is 0 Å². The van der Waals surface area contributed by atoms with Crippen LogP contribution in [-0.4, -0.2) is 73.3 Å². The van der Waals surface area contributed by atoms with Crippen LogP contribution in [0.1, 0.15) is 22.4 Å². The van der Waals surface area contributed by atoms with Gasteiger partial charge in [0, 0.05) is 11.1 Å². The zero-order valence-corrected chi connectivity index (χ0v) is 21.7. The fraction of sp³-hybridized carbons (Fsp3) is 0.167. The van der Waals surface area contributed by atoms with Crippen LogP contribution in [0.4, 0.5) is 5.13 Å². The second-order valence-corrected chi connectivity index (χ2v) is 10.1. The summed E-state index contributed by atoms with van der Waals surface area (Å²) < 4.78 is 0. The summed E-state index contributed by atoms with van der Waals surface area (Å²) in [5, 5.41) is 43.9. The highest BCUT2D eigenvalue weighted by Gasteiger charge is 2.54. The smallest absolute Gasteiger partial charge is 0.352 e. The summed E-state index contributed by atoms with van der Waals surface area (Å²) in [7, 11) is 0. The van der Waals surface area contributed by atoms with Gasteiger partial charge in [0.2, 0.25) is 6.61 Å². The number of nitrogens with zero attached hydrogens (tertiary/aromatic N) is 5. The number of amides is 2. The Kier molecular flexibility index (Phi) is 8.13. The van der Waals surface area contributed by atoms with Gasteiger partial charge in [0.15, 0.2) is 10.8 Å². The Morgan fingerprint density at radius 1 is 1.27 bits per heavy atom. The number of aromatic nitrogens is 1. The Labute approximate surface area is 233 Å². The summed E-state index contributed by atoms with van der Waals surface area (Å²) in [6, 6.07) is 7.31. The van der Waals surface area contributed by atoms with E-state index in [1.807, 2.05) is 12.1 Å². The molecule has 0 radical (unpaired) electrons. The first-order chi connectivity index (χ1) is 19.1. The van der Waals surface area contributed by atoms with E-state index < -0.39 is 47.5 Å². The van der Waals surface area contributed by atoms with E-state index in [2.05, 4.69) is 20.3 Å². The predicted molar refractivity (Wildman–Crippen MR) is 141 cm³/mol. The second kappa shape index (κ2) is 11.7. The van der Waals surface area contributed by atoms with Crippen molar-refractivity contribution in [2.75, 3.05) is 18.1 Å². The minimum atomic E-state index is -1.36. The van der Waals surface area contributed by atoms with Crippen molar-refractivity contribution in [3.63, 3.8) is 0 Å². The molecular weight excluding hydrogens is 562 g/mol. The number of hydrogen-bond acceptors (Lipinski definition) is 12. The van der Waals surface area contributed by atoms with Crippen LogP contribution < -0.4 is 11.1 Å². The number of thioether (sulfide) groups is 1. The maximum Gasteiger partial charge on any atom is 0.352 e. The van der Waals surface area contributed by atoms with E-state index in [1.165, 1.54) is 41.4 Å². The largest absolute Gasteiger partial charge is 0.479 e. The highest BCUT2D eigenvalue weighted by atomic mass is 32.2. The molecule has 14 nitrogen and oxygen atoms in total. The second-order valence-electron chi connectivity index (χ2n) is 8.08. The number of fused-ring (bicyclic) bond motifs is 1. The molecule has 202 valence electrons. The number of β-lactam (4-membered cyclic amide) rings is 1. The molecule has 1 fully saturated rings. The van der Waals surface area contributed by atoms with Gasteiger partial charge in [-0.25, -0.2) is 14.6 Å². The summed E-state index contributed by atoms with van der Waals surface area (Å²) in [5.74, 6) is -4.10. The number of rotatable bonds is 9. The quantitative estimate of drug-likeness (QED) is 0.183. The van der Waals surface area contributed by atoms with Crippen molar-refractivity contribution in [3.05, 3.63) is 63.3 Å². The Morgan fingerprint density at radius 3 is 2.67 bits per heavy atom. The molecule has 0 aliphatic carbocycles. The number of aliphatic carboxylic acids is 2. The lowest BCUT2D eigenvalue weighted by Crippen LogP contribution is -2.71. The molecule has 2 amide bonds. The SMILES string of the molecule is N#Cc1ccc(C=CC2=C(C(=O)O)N3C(=O)C(NC(=O)C(=NOCC(=O)O)c4csc(N)n4)[C@@H]3SC2)c(C#N)c1. The zero-order chi connectivity index (χ0) is 29.0. The summed E-state index contributed by atoms with van der Waals surface area (Å²) in [6.45, 7) is -0.827. The average Bonchev–Trinajstić information content (AvgIpc) is 3.37. The van der Waals surface area contributed by atoms with Crippen molar-refractivity contribution in [3.8, 4) is 12.1 Å². The van der Waals surface area contributed by atoms with Gasteiger partial charge in [-0.2, -0.15) is 10.5 Å². The number of allylic oxidation sites excluding steroid dienone is 1. The molecule has 1 aromatic carbocycles. The van der Waals surface area contributed by atoms with Crippen LogP contribution in [0, 0.1) is 22.7 Å². The van der Waals surface area contributed by atoms with Crippen molar-refractivity contribution in [1.29, 1.82) is 10.5 Å². The molecule has 0 saturated carbocycles. The lowest BCUT2D eigenvalue weighted by atomic mass is 10.0. The van der Waals surface area contributed by atoms with Gasteiger partial charge in [-0.05, 0) is 23.3 Å². The van der Waals surface area contributed by atoms with Crippen molar-refractivity contribution in [2.45, 2.75) is 11.4 Å². The highest BCUT2D eigenvalue weighted by Crippen LogP contribution is 2.41. The van der Waals surface area contributed by atoms with Gasteiger partial charge in [0.1, 0.15) is 22.8 Å². The molecule has 3 heterocycles. The highest BCUT2D eigenvalue weighted by molar-refractivity contribution is 8.00. The molecule has 0 bridgehead atoms. The predicted octanol–water partition coefficient (Wildman–Crippen LogP) is 0.726. The van der Waals surface area contributed by atoms with E-state index in [0.29, 0.717) is 16.7 Å². The van der Waals surface area contributed by atoms with Crippen LogP contribution in [-0.2, 0) is 24.0 Å². The normalized spacial score (nSPS) is 18.4. The number of carbonyl (C=O) groups is 4. The van der Waals surface area contributed by atoms with Crippen molar-refractivity contribution in [1.82, 2.24) is 15.2 Å². The van der Waals surface area contributed by atoms with Crippen LogP contribution in [0.5, 0.6) is 0 Å². The lowest BCUT2D eigenvalue weighted by Gasteiger charge is -2.49. The molecule has 4 rings (SSSR count). The van der Waals surface area contributed by atoms with Crippen LogP contribution in [0.15, 0.2) is 46.1 Å². The fourth-order valence-electron chi connectivity index (χ4n) is 3.79. The summed E-state index contributed by atoms with van der Waals surface area (Å²) in [6.07, 6.45) is 3.02. The first-order valence-electron chi connectivity index (χ1n) is 11.1. The number of oxime groups is 1. The van der Waals surface area contributed by atoms with E-state index in [-0.39, 0.29) is 27.8 Å². The molecular formula is C24H17N7O7S2. The van der Waals surface area contributed by atoms with E-state index in [1.54, 1.807) is 6.07 Å². The number of carbonyl (C=O) groups excluding carboxylic acids is 2. The average molecular weight is 580 g/mol. The number of nitriles is 2. The van der Waals surface area contributed by atoms with Crippen LogP contribution in [0.3, 0.4) is 0 Å². The summed E-state index contributed by atoms with van der Waals surface area (Å²) >= 11 is 2.21. The number of nitrogen functional groups attached to an aromatic ring is 1. The van der Waals surface area contributed by atoms with Gasteiger partial charge in [-0.3, -0.25) is 14.5 Å². The maximum atomic E-state index is 13.0. The molecule has 40 heavy (non-hydrogen) atoms. The van der Waals surface area contributed by atoms with Crippen molar-refractivity contribution < 1.29 is 34.2 Å². The molecule has 2 aliphatic heterocycles. The Bertz CT molecular complexity index is 1600. The number of benzene rings is 1. The van der Waals surface area contributed by atoms with E-state index >= 15 is 0 Å². The third-order valence-electron chi connectivity index (χ3n) is 5.58. The first kappa shape index (κ1) is 27.8. The number of nitrogens with two attached hydrogens (primary N) is 1. The number of thiazole rings is 1. The standard InChI is InChI=1S/C24H17N7O7S2/c25-6-11-1-2-12(14(5-11)7-26)3-4-13-9-39-22-18(21(35)31(22)19(13)23(36)37)29-20(34)17(30-38-8-16(32)33)15-10-40-24(27)28-15/h1-5,10,18,22H,8-9H2,(H2,27,28)(H,29,34)(H,32,33)(H,36,37)/t18?,22-/m0/s1. The maximum absolute atomic E-state index is 13.0. The number of nitrogens with one attached hydrogen (secondary N) is 1. The minimum absolute atomic E-state index is 0.00315. The Hall–Kier alpha value is -5.19. The van der Waals surface area contributed by atoms with Crippen LogP contribution in [0.25, 0.3) is 6.08 Å². The third kappa shape index (κ3) is 5.63. The summed E-state index contributed by atoms with van der Waals surface area (Å²) in [4.78, 5) is 58.6. The van der Waals surface area contributed by atoms with Gasteiger partial charge < -0.3 is 26.1 Å². The first-order valence-corrected chi connectivity index (χ1v) is 13.0. The molecule has 16 heteroatoms. The minimum Gasteiger partial charge on any atom is -0.479 e. The molecule has 1 unspecified atom stereocenters. The Morgan fingerprint density at radius 2 is 2.05 bits per heavy atom. The van der Waals surface area contributed by atoms with E-state index in [9.17, 15) is 29.5 Å². The number of carboxylic acids is 2. The zero-order valence-electron chi connectivity index (χ0n) is 20.1. The van der Waals surface area contributed by atoms with Gasteiger partial charge in [0.05, 0.1) is 23.3 Å². The topological polar surface area (TPSA) is 232 Å². The lowest BCUT2D eigenvalue weighted by molar-refractivity contribution is -0.150. The van der Waals surface area contributed by atoms with Gasteiger partial charge in [-0.15, -0.1) is 23.1 Å². The van der Waals surface area contributed by atoms with E-state index in [0.717, 1.165) is 16.2 Å². The molecule has 0 spiro atoms. The van der Waals surface area contributed by atoms with Gasteiger partial charge in [0.25, 0.3) is 11.8 Å². The van der Waals surface area contributed by atoms with Crippen molar-refractivity contribution >= 4 is 63.8 Å². The molecule has 2 aliphatic rings. The van der Waals surface area contributed by atoms with Gasteiger partial charge >= 0.3 is 11.9 Å². The van der Waals surface area contributed by atoms with E-state index in [4.69, 9.17) is 16.1 Å². The number of hydrogen-bond donors (Lipinski definition) is 4. The summed E-state index contributed by atoms with van der Waals surface area (Å²) in [5.41, 5.74) is 6.24.